The number of ether oxygens (including phenoxy) is 2. The zero-order valence-corrected chi connectivity index (χ0v) is 18.3. The van der Waals surface area contributed by atoms with Crippen molar-refractivity contribution in [1.82, 2.24) is 20.2 Å². The van der Waals surface area contributed by atoms with Crippen molar-refractivity contribution in [3.8, 4) is 5.75 Å². The molecule has 1 amide bonds. The van der Waals surface area contributed by atoms with Crippen molar-refractivity contribution < 1.29 is 22.7 Å². The molecule has 2 heterocycles. The summed E-state index contributed by atoms with van der Waals surface area (Å²) < 4.78 is 38.2. The SMILES string of the molecule is CC(C)NC(=O)O[C@@H]1CC[C@H](c2cc(Nc3ccc4c(c3)S(=O)(=O)NCCO4)n[nH]2)C1. The van der Waals surface area contributed by atoms with E-state index in [1.807, 2.05) is 19.9 Å². The second kappa shape index (κ2) is 8.75. The van der Waals surface area contributed by atoms with Gasteiger partial charge in [-0.25, -0.2) is 17.9 Å². The topological polar surface area (TPSA) is 134 Å². The Labute approximate surface area is 181 Å². The highest BCUT2D eigenvalue weighted by Gasteiger charge is 2.30. The number of nitrogens with zero attached hydrogens (tertiary/aromatic N) is 1. The Hall–Kier alpha value is -2.79. The number of aromatic amines is 1. The van der Waals surface area contributed by atoms with Gasteiger partial charge in [0.25, 0.3) is 0 Å². The smallest absolute Gasteiger partial charge is 0.407 e. The third kappa shape index (κ3) is 5.10. The van der Waals surface area contributed by atoms with Gasteiger partial charge in [0, 0.05) is 36.0 Å². The van der Waals surface area contributed by atoms with Gasteiger partial charge in [0.15, 0.2) is 5.82 Å². The zero-order chi connectivity index (χ0) is 22.0. The number of aromatic nitrogens is 2. The van der Waals surface area contributed by atoms with E-state index in [2.05, 4.69) is 25.6 Å². The number of hydrogen-bond acceptors (Lipinski definition) is 7. The molecule has 2 aromatic rings. The van der Waals surface area contributed by atoms with E-state index in [9.17, 15) is 13.2 Å². The fraction of sp³-hybridized carbons (Fsp3) is 0.500. The highest BCUT2D eigenvalue weighted by Crippen LogP contribution is 2.36. The van der Waals surface area contributed by atoms with E-state index in [0.29, 0.717) is 17.3 Å². The highest BCUT2D eigenvalue weighted by molar-refractivity contribution is 7.89. The molecule has 10 nitrogen and oxygen atoms in total. The van der Waals surface area contributed by atoms with Crippen LogP contribution in [0, 0.1) is 0 Å². The van der Waals surface area contributed by atoms with Crippen LogP contribution < -0.4 is 20.1 Å². The van der Waals surface area contributed by atoms with Gasteiger partial charge in [-0.3, -0.25) is 5.10 Å². The Morgan fingerprint density at radius 3 is 2.94 bits per heavy atom. The number of alkyl carbamates (subject to hydrolysis) is 1. The molecule has 1 fully saturated rings. The van der Waals surface area contributed by atoms with Crippen molar-refractivity contribution in [3.05, 3.63) is 30.0 Å². The van der Waals surface area contributed by atoms with Crippen LogP contribution in [-0.4, -0.2) is 50.0 Å². The fourth-order valence-electron chi connectivity index (χ4n) is 3.84. The quantitative estimate of drug-likeness (QED) is 0.551. The normalized spacial score (nSPS) is 22.3. The van der Waals surface area contributed by atoms with Crippen molar-refractivity contribution in [2.45, 2.75) is 56.1 Å². The van der Waals surface area contributed by atoms with Gasteiger partial charge in [-0.1, -0.05) is 0 Å². The summed E-state index contributed by atoms with van der Waals surface area (Å²) in [6.07, 6.45) is 1.91. The summed E-state index contributed by atoms with van der Waals surface area (Å²) >= 11 is 0. The first-order valence-corrected chi connectivity index (χ1v) is 11.8. The second-order valence-corrected chi connectivity index (χ2v) is 9.81. The van der Waals surface area contributed by atoms with E-state index < -0.39 is 10.0 Å². The van der Waals surface area contributed by atoms with Gasteiger partial charge in [-0.2, -0.15) is 5.10 Å². The minimum Gasteiger partial charge on any atom is -0.491 e. The van der Waals surface area contributed by atoms with Crippen molar-refractivity contribution in [2.75, 3.05) is 18.5 Å². The van der Waals surface area contributed by atoms with Crippen LogP contribution in [-0.2, 0) is 14.8 Å². The van der Waals surface area contributed by atoms with Crippen LogP contribution in [0.2, 0.25) is 0 Å². The molecule has 1 aromatic carbocycles. The molecule has 0 unspecified atom stereocenters. The molecule has 0 bridgehead atoms. The standard InChI is InChI=1S/C20H27N5O5S/c1-12(2)22-20(26)30-15-5-3-13(9-15)16-11-19(25-24-16)23-14-4-6-17-18(10-14)31(27,28)21-7-8-29-17/h4,6,10-13,15,21H,3,5,7-9H2,1-2H3,(H,22,26)(H2,23,24,25)/t13-,15+/m0/s1. The highest BCUT2D eigenvalue weighted by atomic mass is 32.2. The molecule has 31 heavy (non-hydrogen) atoms. The van der Waals surface area contributed by atoms with E-state index >= 15 is 0 Å². The van der Waals surface area contributed by atoms with Gasteiger partial charge in [0.05, 0.1) is 0 Å². The van der Waals surface area contributed by atoms with Gasteiger partial charge in [-0.15, -0.1) is 0 Å². The molecule has 1 aromatic heterocycles. The average molecular weight is 450 g/mol. The van der Waals surface area contributed by atoms with E-state index in [-0.39, 0.29) is 42.2 Å². The van der Waals surface area contributed by atoms with Crippen LogP contribution in [0.3, 0.4) is 0 Å². The van der Waals surface area contributed by atoms with Gasteiger partial charge < -0.3 is 20.1 Å². The number of sulfonamides is 1. The van der Waals surface area contributed by atoms with E-state index in [1.165, 1.54) is 6.07 Å². The molecule has 4 N–H and O–H groups in total. The van der Waals surface area contributed by atoms with Gasteiger partial charge in [-0.05, 0) is 51.3 Å². The molecular formula is C20H27N5O5S. The molecule has 1 saturated carbocycles. The second-order valence-electron chi connectivity index (χ2n) is 8.08. The summed E-state index contributed by atoms with van der Waals surface area (Å²) in [4.78, 5) is 11.9. The van der Waals surface area contributed by atoms with Gasteiger partial charge in [0.2, 0.25) is 10.0 Å². The minimum absolute atomic E-state index is 0.0382. The Morgan fingerprint density at radius 2 is 2.13 bits per heavy atom. The number of fused-ring (bicyclic) bond motifs is 1. The van der Waals surface area contributed by atoms with E-state index in [4.69, 9.17) is 9.47 Å². The van der Waals surface area contributed by atoms with E-state index in [0.717, 1.165) is 25.0 Å². The van der Waals surface area contributed by atoms with Crippen molar-refractivity contribution in [1.29, 1.82) is 0 Å². The Bertz CT molecular complexity index is 1050. The molecular weight excluding hydrogens is 422 g/mol. The Kier molecular flexibility index (Phi) is 6.05. The maximum atomic E-state index is 12.4. The molecule has 2 atom stereocenters. The molecule has 0 radical (unpaired) electrons. The molecule has 0 saturated heterocycles. The predicted molar refractivity (Wildman–Crippen MR) is 114 cm³/mol. The number of H-pyrrole nitrogens is 1. The van der Waals surface area contributed by atoms with Crippen LogP contribution in [0.5, 0.6) is 5.75 Å². The van der Waals surface area contributed by atoms with E-state index in [1.54, 1.807) is 12.1 Å². The van der Waals surface area contributed by atoms with Crippen molar-refractivity contribution in [3.63, 3.8) is 0 Å². The fourth-order valence-corrected chi connectivity index (χ4v) is 5.02. The van der Waals surface area contributed by atoms with Gasteiger partial charge in [0.1, 0.15) is 23.4 Å². The third-order valence-corrected chi connectivity index (χ3v) is 6.74. The number of rotatable bonds is 5. The minimum atomic E-state index is -3.61. The Balaban J connectivity index is 1.40. The number of hydrogen-bond donors (Lipinski definition) is 4. The number of anilines is 2. The lowest BCUT2D eigenvalue weighted by Gasteiger charge is -2.14. The van der Waals surface area contributed by atoms with Gasteiger partial charge >= 0.3 is 6.09 Å². The molecule has 168 valence electrons. The number of benzene rings is 1. The number of nitrogens with one attached hydrogen (secondary N) is 4. The maximum absolute atomic E-state index is 12.4. The molecule has 2 aliphatic rings. The molecule has 1 aliphatic heterocycles. The first-order chi connectivity index (χ1) is 14.8. The molecule has 0 spiro atoms. The monoisotopic (exact) mass is 449 g/mol. The largest absolute Gasteiger partial charge is 0.491 e. The number of carbonyl (C=O) groups is 1. The zero-order valence-electron chi connectivity index (χ0n) is 17.5. The van der Waals surface area contributed by atoms with Crippen LogP contribution in [0.4, 0.5) is 16.3 Å². The number of amides is 1. The summed E-state index contributed by atoms with van der Waals surface area (Å²) in [5, 5.41) is 13.2. The number of carbonyl (C=O) groups excluding carboxylic acids is 1. The van der Waals surface area contributed by atoms with Crippen LogP contribution in [0.1, 0.15) is 44.7 Å². The van der Waals surface area contributed by atoms with Crippen molar-refractivity contribution in [2.24, 2.45) is 0 Å². The first kappa shape index (κ1) is 21.4. The summed E-state index contributed by atoms with van der Waals surface area (Å²) in [7, 11) is -3.61. The molecule has 11 heteroatoms. The maximum Gasteiger partial charge on any atom is 0.407 e. The first-order valence-electron chi connectivity index (χ1n) is 10.4. The average Bonchev–Trinajstić information content (AvgIpc) is 3.31. The van der Waals surface area contributed by atoms with Crippen molar-refractivity contribution >= 4 is 27.6 Å². The third-order valence-electron chi connectivity index (χ3n) is 5.26. The predicted octanol–water partition coefficient (Wildman–Crippen LogP) is 2.59. The van der Waals surface area contributed by atoms with Crippen LogP contribution in [0.15, 0.2) is 29.2 Å². The lowest BCUT2D eigenvalue weighted by Crippen LogP contribution is -2.33. The Morgan fingerprint density at radius 1 is 1.29 bits per heavy atom. The van der Waals surface area contributed by atoms with Crippen LogP contribution in [0.25, 0.3) is 0 Å². The lowest BCUT2D eigenvalue weighted by molar-refractivity contribution is 0.0981. The molecule has 1 aliphatic carbocycles. The lowest BCUT2D eigenvalue weighted by atomic mass is 10.0. The summed E-state index contributed by atoms with van der Waals surface area (Å²) in [5.41, 5.74) is 1.54. The summed E-state index contributed by atoms with van der Waals surface area (Å²) in [6, 6.07) is 6.86. The summed E-state index contributed by atoms with van der Waals surface area (Å²) in [5.74, 6) is 1.12. The summed E-state index contributed by atoms with van der Waals surface area (Å²) in [6.45, 7) is 4.29. The van der Waals surface area contributed by atoms with Crippen LogP contribution >= 0.6 is 0 Å². The molecule has 4 rings (SSSR count).